The van der Waals surface area contributed by atoms with E-state index in [1.165, 1.54) is 10.7 Å². The monoisotopic (exact) mass is 424 g/mol. The summed E-state index contributed by atoms with van der Waals surface area (Å²) in [5.74, 6) is 0.396. The standard InChI is InChI=1S/C20H23F3N4O3/c1-26-17(11-16(25-26)14-4-2-5-15(10-14)20(21,22)23)24-18(28)27-7-9-30-19(12-27)6-3-8-29-13-19/h2,4-5,10-11H,3,6-9,12-13H2,1H3,(H,24,28). The van der Waals surface area contributed by atoms with E-state index in [2.05, 4.69) is 10.4 Å². The maximum Gasteiger partial charge on any atom is 0.416 e. The molecule has 0 bridgehead atoms. The zero-order chi connectivity index (χ0) is 21.4. The van der Waals surface area contributed by atoms with Crippen molar-refractivity contribution < 1.29 is 27.4 Å². The second kappa shape index (κ2) is 7.92. The number of morpholine rings is 1. The van der Waals surface area contributed by atoms with Gasteiger partial charge in [-0.1, -0.05) is 12.1 Å². The normalized spacial score (nSPS) is 22.3. The van der Waals surface area contributed by atoms with Gasteiger partial charge in [-0.15, -0.1) is 0 Å². The van der Waals surface area contributed by atoms with Gasteiger partial charge in [0.15, 0.2) is 0 Å². The van der Waals surface area contributed by atoms with Gasteiger partial charge in [0.1, 0.15) is 11.4 Å². The SMILES string of the molecule is Cn1nc(-c2cccc(C(F)(F)F)c2)cc1NC(=O)N1CCOC2(CCCOC2)C1. The lowest BCUT2D eigenvalue weighted by Gasteiger charge is -2.44. The van der Waals surface area contributed by atoms with Crippen molar-refractivity contribution in [3.8, 4) is 11.3 Å². The molecule has 2 amide bonds. The number of halogens is 3. The Hall–Kier alpha value is -2.59. The molecule has 1 aromatic carbocycles. The van der Waals surface area contributed by atoms with Crippen molar-refractivity contribution in [3.63, 3.8) is 0 Å². The van der Waals surface area contributed by atoms with Crippen molar-refractivity contribution in [2.24, 2.45) is 7.05 Å². The van der Waals surface area contributed by atoms with Gasteiger partial charge >= 0.3 is 12.2 Å². The van der Waals surface area contributed by atoms with Crippen LogP contribution >= 0.6 is 0 Å². The number of anilines is 1. The van der Waals surface area contributed by atoms with Crippen LogP contribution in [0.1, 0.15) is 18.4 Å². The summed E-state index contributed by atoms with van der Waals surface area (Å²) in [4.78, 5) is 14.5. The Labute approximate surface area is 171 Å². The van der Waals surface area contributed by atoms with Gasteiger partial charge < -0.3 is 14.4 Å². The molecule has 7 nitrogen and oxygen atoms in total. The molecular formula is C20H23F3N4O3. The second-order valence-electron chi connectivity index (χ2n) is 7.66. The number of nitrogens with one attached hydrogen (secondary N) is 1. The lowest BCUT2D eigenvalue weighted by Crippen LogP contribution is -2.58. The Morgan fingerprint density at radius 1 is 1.27 bits per heavy atom. The molecule has 2 aliphatic heterocycles. The van der Waals surface area contributed by atoms with Crippen LogP contribution in [0.3, 0.4) is 0 Å². The van der Waals surface area contributed by atoms with Gasteiger partial charge in [0.2, 0.25) is 0 Å². The summed E-state index contributed by atoms with van der Waals surface area (Å²) in [5.41, 5.74) is -0.545. The lowest BCUT2D eigenvalue weighted by molar-refractivity contribution is -0.159. The number of hydrogen-bond donors (Lipinski definition) is 1. The van der Waals surface area contributed by atoms with Crippen molar-refractivity contribution in [3.05, 3.63) is 35.9 Å². The fourth-order valence-corrected chi connectivity index (χ4v) is 3.85. The second-order valence-corrected chi connectivity index (χ2v) is 7.66. The van der Waals surface area contributed by atoms with Crippen molar-refractivity contribution in [1.82, 2.24) is 14.7 Å². The average molecular weight is 424 g/mol. The number of benzene rings is 1. The molecule has 30 heavy (non-hydrogen) atoms. The third kappa shape index (κ3) is 4.29. The highest BCUT2D eigenvalue weighted by molar-refractivity contribution is 5.89. The highest BCUT2D eigenvalue weighted by Crippen LogP contribution is 2.32. The minimum absolute atomic E-state index is 0.304. The molecule has 1 N–H and O–H groups in total. The third-order valence-corrected chi connectivity index (χ3v) is 5.42. The molecule has 1 spiro atoms. The molecule has 2 saturated heterocycles. The number of hydrogen-bond acceptors (Lipinski definition) is 4. The number of aryl methyl sites for hydroxylation is 1. The van der Waals surface area contributed by atoms with Crippen molar-refractivity contribution >= 4 is 11.8 Å². The predicted octanol–water partition coefficient (Wildman–Crippen LogP) is 3.52. The van der Waals surface area contributed by atoms with Gasteiger partial charge in [0.05, 0.1) is 31.0 Å². The van der Waals surface area contributed by atoms with Crippen molar-refractivity contribution in [2.75, 3.05) is 38.2 Å². The summed E-state index contributed by atoms with van der Waals surface area (Å²) in [6.07, 6.45) is -2.71. The Morgan fingerprint density at radius 3 is 2.83 bits per heavy atom. The summed E-state index contributed by atoms with van der Waals surface area (Å²) < 4.78 is 51.8. The van der Waals surface area contributed by atoms with Crippen LogP contribution in [0.25, 0.3) is 11.3 Å². The van der Waals surface area contributed by atoms with Crippen LogP contribution in [0.15, 0.2) is 30.3 Å². The molecule has 2 aromatic rings. The fourth-order valence-electron chi connectivity index (χ4n) is 3.85. The summed E-state index contributed by atoms with van der Waals surface area (Å²) in [6.45, 7) is 2.47. The van der Waals surface area contributed by atoms with Crippen LogP contribution < -0.4 is 5.32 Å². The fraction of sp³-hybridized carbons (Fsp3) is 0.500. The maximum absolute atomic E-state index is 13.0. The summed E-state index contributed by atoms with van der Waals surface area (Å²) in [6, 6.07) is 6.21. The van der Waals surface area contributed by atoms with Crippen LogP contribution in [-0.4, -0.2) is 59.2 Å². The Kier molecular flexibility index (Phi) is 5.46. The average Bonchev–Trinajstić information content (AvgIpc) is 3.08. The molecule has 0 saturated carbocycles. The highest BCUT2D eigenvalue weighted by Gasteiger charge is 2.40. The van der Waals surface area contributed by atoms with Crippen molar-refractivity contribution in [2.45, 2.75) is 24.6 Å². The minimum atomic E-state index is -4.43. The number of ether oxygens (including phenoxy) is 2. The van der Waals surface area contributed by atoms with Gasteiger partial charge in [-0.05, 0) is 25.0 Å². The number of carbonyl (C=O) groups is 1. The van der Waals surface area contributed by atoms with E-state index in [1.54, 1.807) is 24.1 Å². The van der Waals surface area contributed by atoms with Gasteiger partial charge in [-0.3, -0.25) is 10.00 Å². The van der Waals surface area contributed by atoms with Gasteiger partial charge in [0.25, 0.3) is 0 Å². The van der Waals surface area contributed by atoms with E-state index in [9.17, 15) is 18.0 Å². The molecular weight excluding hydrogens is 401 g/mol. The van der Waals surface area contributed by atoms with E-state index in [1.807, 2.05) is 0 Å². The molecule has 0 radical (unpaired) electrons. The number of urea groups is 1. The van der Waals surface area contributed by atoms with Crippen LogP contribution in [0, 0.1) is 0 Å². The molecule has 0 aliphatic carbocycles. The number of alkyl halides is 3. The molecule has 3 heterocycles. The van der Waals surface area contributed by atoms with Crippen LogP contribution in [0.2, 0.25) is 0 Å². The van der Waals surface area contributed by atoms with Crippen LogP contribution in [-0.2, 0) is 22.7 Å². The predicted molar refractivity (Wildman–Crippen MR) is 103 cm³/mol. The number of amides is 2. The zero-order valence-electron chi connectivity index (χ0n) is 16.5. The summed E-state index contributed by atoms with van der Waals surface area (Å²) in [5, 5.41) is 7.06. The molecule has 1 aromatic heterocycles. The minimum Gasteiger partial charge on any atom is -0.378 e. The van der Waals surface area contributed by atoms with Gasteiger partial charge in [-0.25, -0.2) is 4.79 Å². The third-order valence-electron chi connectivity index (χ3n) is 5.42. The summed E-state index contributed by atoms with van der Waals surface area (Å²) in [7, 11) is 1.63. The molecule has 2 aliphatic rings. The van der Waals surface area contributed by atoms with E-state index in [0.717, 1.165) is 25.0 Å². The molecule has 1 unspecified atom stereocenters. The first-order valence-electron chi connectivity index (χ1n) is 9.75. The molecule has 162 valence electrons. The van der Waals surface area contributed by atoms with E-state index in [0.29, 0.717) is 50.0 Å². The number of nitrogens with zero attached hydrogens (tertiary/aromatic N) is 3. The van der Waals surface area contributed by atoms with Crippen molar-refractivity contribution in [1.29, 1.82) is 0 Å². The largest absolute Gasteiger partial charge is 0.416 e. The first-order valence-corrected chi connectivity index (χ1v) is 9.75. The molecule has 1 atom stereocenters. The molecule has 10 heteroatoms. The van der Waals surface area contributed by atoms with E-state index in [-0.39, 0.29) is 6.03 Å². The van der Waals surface area contributed by atoms with Crippen LogP contribution in [0.4, 0.5) is 23.8 Å². The topological polar surface area (TPSA) is 68.6 Å². The molecule has 4 rings (SSSR count). The maximum atomic E-state index is 13.0. The smallest absolute Gasteiger partial charge is 0.378 e. The Morgan fingerprint density at radius 2 is 2.10 bits per heavy atom. The quantitative estimate of drug-likeness (QED) is 0.801. The lowest BCUT2D eigenvalue weighted by atomic mass is 9.94. The van der Waals surface area contributed by atoms with Gasteiger partial charge in [-0.2, -0.15) is 18.3 Å². The number of rotatable bonds is 2. The Bertz CT molecular complexity index is 917. The first kappa shape index (κ1) is 20.7. The zero-order valence-corrected chi connectivity index (χ0v) is 16.5. The van der Waals surface area contributed by atoms with Gasteiger partial charge in [0, 0.05) is 31.8 Å². The highest BCUT2D eigenvalue weighted by atomic mass is 19.4. The Balaban J connectivity index is 1.48. The molecule has 2 fully saturated rings. The first-order chi connectivity index (χ1) is 14.3. The van der Waals surface area contributed by atoms with E-state index in [4.69, 9.17) is 9.47 Å². The number of aromatic nitrogens is 2. The van der Waals surface area contributed by atoms with E-state index >= 15 is 0 Å². The van der Waals surface area contributed by atoms with Crippen LogP contribution in [0.5, 0.6) is 0 Å². The van der Waals surface area contributed by atoms with E-state index < -0.39 is 17.3 Å². The summed E-state index contributed by atoms with van der Waals surface area (Å²) >= 11 is 0. The number of carbonyl (C=O) groups excluding carboxylic acids is 1.